The molecule has 0 amide bonds. The van der Waals surface area contributed by atoms with E-state index in [9.17, 15) is 10.1 Å². The predicted octanol–water partition coefficient (Wildman–Crippen LogP) is 3.68. The van der Waals surface area contributed by atoms with E-state index in [1.54, 1.807) is 18.3 Å². The predicted molar refractivity (Wildman–Crippen MR) is 72.6 cm³/mol. The molecular weight excluding hydrogens is 244 g/mol. The molecule has 0 fully saturated rings. The van der Waals surface area contributed by atoms with E-state index in [1.165, 1.54) is 12.1 Å². The highest BCUT2D eigenvalue weighted by Crippen LogP contribution is 2.19. The third kappa shape index (κ3) is 3.28. The molecule has 2 aromatic rings. The molecular formula is C14H14N2O3. The van der Waals surface area contributed by atoms with Gasteiger partial charge in [-0.25, -0.2) is 0 Å². The molecule has 98 valence electrons. The maximum absolute atomic E-state index is 10.5. The van der Waals surface area contributed by atoms with Crippen molar-refractivity contribution in [1.82, 2.24) is 0 Å². The first-order chi connectivity index (χ1) is 9.06. The summed E-state index contributed by atoms with van der Waals surface area (Å²) in [6.45, 7) is 3.82. The molecule has 5 nitrogen and oxygen atoms in total. The molecule has 0 aliphatic rings. The second kappa shape index (κ2) is 5.48. The van der Waals surface area contributed by atoms with Gasteiger partial charge in [0.25, 0.3) is 5.69 Å². The van der Waals surface area contributed by atoms with E-state index >= 15 is 0 Å². The number of nitrogens with zero attached hydrogens (tertiary/aromatic N) is 2. The van der Waals surface area contributed by atoms with Gasteiger partial charge in [0.1, 0.15) is 17.6 Å². The van der Waals surface area contributed by atoms with Gasteiger partial charge in [-0.1, -0.05) is 0 Å². The number of non-ortho nitro benzene ring substituents is 1. The largest absolute Gasteiger partial charge is 0.464 e. The zero-order valence-electron chi connectivity index (χ0n) is 10.7. The van der Waals surface area contributed by atoms with Crippen molar-refractivity contribution in [3.63, 3.8) is 0 Å². The molecule has 0 unspecified atom stereocenters. The number of hydrogen-bond acceptors (Lipinski definition) is 4. The van der Waals surface area contributed by atoms with Crippen molar-refractivity contribution in [2.75, 3.05) is 0 Å². The Kier molecular flexibility index (Phi) is 3.75. The van der Waals surface area contributed by atoms with Crippen LogP contribution in [0.15, 0.2) is 45.8 Å². The summed E-state index contributed by atoms with van der Waals surface area (Å²) in [6, 6.07) is 9.97. The molecule has 0 spiro atoms. The SMILES string of the molecule is Cc1ccc([C@H](C)N=Cc2ccc([N+](=O)[O-])cc2)o1. The molecule has 1 aromatic heterocycles. The Morgan fingerprint density at radius 1 is 1.26 bits per heavy atom. The van der Waals surface area contributed by atoms with Gasteiger partial charge in [0.15, 0.2) is 0 Å². The van der Waals surface area contributed by atoms with Gasteiger partial charge in [-0.05, 0) is 43.7 Å². The molecule has 19 heavy (non-hydrogen) atoms. The summed E-state index contributed by atoms with van der Waals surface area (Å²) in [5, 5.41) is 10.5. The van der Waals surface area contributed by atoms with Crippen LogP contribution in [0.2, 0.25) is 0 Å². The van der Waals surface area contributed by atoms with E-state index in [4.69, 9.17) is 4.42 Å². The maximum atomic E-state index is 10.5. The Balaban J connectivity index is 2.07. The fourth-order valence-electron chi connectivity index (χ4n) is 1.63. The molecule has 0 bridgehead atoms. The molecule has 0 aliphatic heterocycles. The summed E-state index contributed by atoms with van der Waals surface area (Å²) in [4.78, 5) is 14.5. The minimum Gasteiger partial charge on any atom is -0.464 e. The van der Waals surface area contributed by atoms with Crippen molar-refractivity contribution < 1.29 is 9.34 Å². The first-order valence-corrected chi connectivity index (χ1v) is 5.90. The van der Waals surface area contributed by atoms with E-state index in [0.29, 0.717) is 0 Å². The fraction of sp³-hybridized carbons (Fsp3) is 0.214. The van der Waals surface area contributed by atoms with Crippen LogP contribution in [0.5, 0.6) is 0 Å². The lowest BCUT2D eigenvalue weighted by Crippen LogP contribution is -1.90. The zero-order chi connectivity index (χ0) is 13.8. The average Bonchev–Trinajstić information content (AvgIpc) is 2.83. The zero-order valence-corrected chi connectivity index (χ0v) is 10.7. The van der Waals surface area contributed by atoms with Crippen molar-refractivity contribution in [1.29, 1.82) is 0 Å². The summed E-state index contributed by atoms with van der Waals surface area (Å²) in [5.74, 6) is 1.66. The average molecular weight is 258 g/mol. The molecule has 1 heterocycles. The number of rotatable bonds is 4. The number of hydrogen-bond donors (Lipinski definition) is 0. The molecule has 0 saturated carbocycles. The van der Waals surface area contributed by atoms with E-state index < -0.39 is 4.92 Å². The quantitative estimate of drug-likeness (QED) is 0.477. The second-order valence-corrected chi connectivity index (χ2v) is 4.25. The Hall–Kier alpha value is -2.43. The Morgan fingerprint density at radius 3 is 2.47 bits per heavy atom. The van der Waals surface area contributed by atoms with Gasteiger partial charge in [0.05, 0.1) is 4.92 Å². The lowest BCUT2D eigenvalue weighted by molar-refractivity contribution is -0.384. The molecule has 1 atom stereocenters. The van der Waals surface area contributed by atoms with Crippen LogP contribution in [0, 0.1) is 17.0 Å². The van der Waals surface area contributed by atoms with Crippen LogP contribution in [-0.4, -0.2) is 11.1 Å². The van der Waals surface area contributed by atoms with Gasteiger partial charge in [0, 0.05) is 18.3 Å². The third-order valence-corrected chi connectivity index (χ3v) is 2.72. The Labute approximate surface area is 110 Å². The van der Waals surface area contributed by atoms with Crippen molar-refractivity contribution >= 4 is 11.9 Å². The second-order valence-electron chi connectivity index (χ2n) is 4.25. The van der Waals surface area contributed by atoms with Gasteiger partial charge in [0.2, 0.25) is 0 Å². The van der Waals surface area contributed by atoms with E-state index in [0.717, 1.165) is 17.1 Å². The Morgan fingerprint density at radius 2 is 1.95 bits per heavy atom. The van der Waals surface area contributed by atoms with Crippen molar-refractivity contribution in [2.45, 2.75) is 19.9 Å². The molecule has 2 rings (SSSR count). The highest BCUT2D eigenvalue weighted by atomic mass is 16.6. The number of nitro benzene ring substituents is 1. The van der Waals surface area contributed by atoms with Gasteiger partial charge in [-0.2, -0.15) is 0 Å². The van der Waals surface area contributed by atoms with Crippen LogP contribution in [0.4, 0.5) is 5.69 Å². The molecule has 0 aliphatic carbocycles. The van der Waals surface area contributed by atoms with E-state index in [2.05, 4.69) is 4.99 Å². The highest BCUT2D eigenvalue weighted by Gasteiger charge is 2.07. The number of aryl methyl sites for hydroxylation is 1. The van der Waals surface area contributed by atoms with Crippen molar-refractivity contribution in [3.05, 3.63) is 63.6 Å². The monoisotopic (exact) mass is 258 g/mol. The molecule has 1 aromatic carbocycles. The third-order valence-electron chi connectivity index (χ3n) is 2.72. The minimum atomic E-state index is -0.421. The van der Waals surface area contributed by atoms with Crippen LogP contribution >= 0.6 is 0 Å². The number of nitro groups is 1. The smallest absolute Gasteiger partial charge is 0.269 e. The maximum Gasteiger partial charge on any atom is 0.269 e. The summed E-state index contributed by atoms with van der Waals surface area (Å²) in [7, 11) is 0. The minimum absolute atomic E-state index is 0.0758. The van der Waals surface area contributed by atoms with Crippen LogP contribution in [0.25, 0.3) is 0 Å². The Bertz CT molecular complexity index is 599. The summed E-state index contributed by atoms with van der Waals surface area (Å²) >= 11 is 0. The van der Waals surface area contributed by atoms with Crippen molar-refractivity contribution in [2.24, 2.45) is 4.99 Å². The summed E-state index contributed by atoms with van der Waals surface area (Å²) < 4.78 is 5.48. The number of aliphatic imine (C=N–C) groups is 1. The molecule has 0 radical (unpaired) electrons. The normalized spacial score (nSPS) is 12.7. The first-order valence-electron chi connectivity index (χ1n) is 5.90. The lowest BCUT2D eigenvalue weighted by Gasteiger charge is -2.01. The highest BCUT2D eigenvalue weighted by molar-refractivity contribution is 5.80. The molecule has 0 N–H and O–H groups in total. The van der Waals surface area contributed by atoms with Crippen LogP contribution < -0.4 is 0 Å². The van der Waals surface area contributed by atoms with E-state index in [1.807, 2.05) is 26.0 Å². The van der Waals surface area contributed by atoms with Gasteiger partial charge >= 0.3 is 0 Å². The van der Waals surface area contributed by atoms with Crippen molar-refractivity contribution in [3.8, 4) is 0 Å². The van der Waals surface area contributed by atoms with Gasteiger partial charge in [-0.3, -0.25) is 15.1 Å². The first kappa shape index (κ1) is 13.0. The van der Waals surface area contributed by atoms with E-state index in [-0.39, 0.29) is 11.7 Å². The van der Waals surface area contributed by atoms with Crippen LogP contribution in [0.1, 0.15) is 30.0 Å². The topological polar surface area (TPSA) is 68.6 Å². The number of furan rings is 1. The summed E-state index contributed by atoms with van der Waals surface area (Å²) in [6.07, 6.45) is 1.69. The molecule has 0 saturated heterocycles. The van der Waals surface area contributed by atoms with Gasteiger partial charge < -0.3 is 4.42 Å². The molecule has 5 heteroatoms. The lowest BCUT2D eigenvalue weighted by atomic mass is 10.2. The fourth-order valence-corrected chi connectivity index (χ4v) is 1.63. The standard InChI is InChI=1S/C14H14N2O3/c1-10-3-8-14(19-10)11(2)15-9-12-4-6-13(7-5-12)16(17)18/h3-9,11H,1-2H3/t11-/m0/s1. The van der Waals surface area contributed by atoms with Crippen LogP contribution in [-0.2, 0) is 0 Å². The van der Waals surface area contributed by atoms with Crippen LogP contribution in [0.3, 0.4) is 0 Å². The number of benzene rings is 1. The van der Waals surface area contributed by atoms with Gasteiger partial charge in [-0.15, -0.1) is 0 Å². The summed E-state index contributed by atoms with van der Waals surface area (Å²) in [5.41, 5.74) is 0.896.